The predicted molar refractivity (Wildman–Crippen MR) is 75.3 cm³/mol. The van der Waals surface area contributed by atoms with E-state index in [0.29, 0.717) is 19.5 Å². The molecule has 1 saturated carbocycles. The van der Waals surface area contributed by atoms with E-state index >= 15 is 0 Å². The van der Waals surface area contributed by atoms with Crippen molar-refractivity contribution in [3.63, 3.8) is 0 Å². The molecule has 0 unspecified atom stereocenters. The Morgan fingerprint density at radius 2 is 2.11 bits per heavy atom. The number of carbonyl (C=O) groups excluding carboxylic acids is 1. The van der Waals surface area contributed by atoms with E-state index in [-0.39, 0.29) is 11.3 Å². The van der Waals surface area contributed by atoms with E-state index < -0.39 is 0 Å². The normalized spacial score (nSPS) is 16.7. The zero-order chi connectivity index (χ0) is 13.7. The highest BCUT2D eigenvalue weighted by Crippen LogP contribution is 2.43. The Balaban J connectivity index is 1.95. The number of rotatable bonds is 6. The molecule has 1 aromatic rings. The van der Waals surface area contributed by atoms with E-state index in [0.717, 1.165) is 24.9 Å². The van der Waals surface area contributed by atoms with E-state index in [4.69, 9.17) is 5.73 Å². The summed E-state index contributed by atoms with van der Waals surface area (Å²) in [6.45, 7) is 4.06. The number of carbonyl (C=O) groups is 1. The fourth-order valence-corrected chi connectivity index (χ4v) is 2.65. The van der Waals surface area contributed by atoms with Crippen molar-refractivity contribution in [1.82, 2.24) is 9.88 Å². The third-order valence-electron chi connectivity index (χ3n) is 4.23. The predicted octanol–water partition coefficient (Wildman–Crippen LogP) is 1.95. The molecule has 1 aliphatic carbocycles. The van der Waals surface area contributed by atoms with Gasteiger partial charge in [0.15, 0.2) is 0 Å². The molecule has 1 fully saturated rings. The fourth-order valence-electron chi connectivity index (χ4n) is 2.65. The smallest absolute Gasteiger partial charge is 0.223 e. The summed E-state index contributed by atoms with van der Waals surface area (Å²) in [6, 6.07) is 3.91. The van der Waals surface area contributed by atoms with E-state index in [1.54, 1.807) is 12.4 Å². The lowest BCUT2D eigenvalue weighted by atomic mass is 9.66. The lowest BCUT2D eigenvalue weighted by Crippen LogP contribution is -2.43. The number of amides is 1. The highest BCUT2D eigenvalue weighted by molar-refractivity contribution is 5.77. The number of hydrogen-bond donors (Lipinski definition) is 1. The highest BCUT2D eigenvalue weighted by atomic mass is 16.2. The third-order valence-corrected chi connectivity index (χ3v) is 4.23. The first-order chi connectivity index (χ1) is 9.19. The van der Waals surface area contributed by atoms with Gasteiger partial charge in [0, 0.05) is 31.9 Å². The van der Waals surface area contributed by atoms with Crippen LogP contribution in [0.2, 0.25) is 0 Å². The molecule has 0 aromatic carbocycles. The van der Waals surface area contributed by atoms with Gasteiger partial charge in [0.25, 0.3) is 0 Å². The molecule has 4 heteroatoms. The van der Waals surface area contributed by atoms with E-state index in [2.05, 4.69) is 4.98 Å². The van der Waals surface area contributed by atoms with Gasteiger partial charge in [-0.15, -0.1) is 0 Å². The summed E-state index contributed by atoms with van der Waals surface area (Å²) in [5.41, 5.74) is 7.04. The Bertz CT molecular complexity index is 409. The lowest BCUT2D eigenvalue weighted by Gasteiger charge is -2.41. The Kier molecular flexibility index (Phi) is 4.53. The summed E-state index contributed by atoms with van der Waals surface area (Å²) in [6.07, 6.45) is 7.54. The minimum absolute atomic E-state index is 0.0861. The van der Waals surface area contributed by atoms with Crippen LogP contribution in [0, 0.1) is 5.41 Å². The summed E-state index contributed by atoms with van der Waals surface area (Å²) in [5.74, 6) is 0.226. The molecule has 2 N–H and O–H groups in total. The standard InChI is InChI=1S/C15H23N3O/c1-2-18(11-13-4-8-17-9-5-13)14(19)10-15(12-16)6-3-7-15/h4-5,8-9H,2-3,6-7,10-12,16H2,1H3. The highest BCUT2D eigenvalue weighted by Gasteiger charge is 2.38. The van der Waals surface area contributed by atoms with E-state index in [1.807, 2.05) is 24.0 Å². The van der Waals surface area contributed by atoms with Crippen LogP contribution in [-0.2, 0) is 11.3 Å². The van der Waals surface area contributed by atoms with Crippen LogP contribution in [-0.4, -0.2) is 28.9 Å². The zero-order valence-electron chi connectivity index (χ0n) is 11.6. The molecule has 0 spiro atoms. The lowest BCUT2D eigenvalue weighted by molar-refractivity contribution is -0.135. The molecule has 104 valence electrons. The summed E-state index contributed by atoms with van der Waals surface area (Å²) >= 11 is 0. The number of nitrogens with zero attached hydrogens (tertiary/aromatic N) is 2. The summed E-state index contributed by atoms with van der Waals surface area (Å²) in [4.78, 5) is 18.3. The van der Waals surface area contributed by atoms with Crippen molar-refractivity contribution >= 4 is 5.91 Å². The monoisotopic (exact) mass is 261 g/mol. The minimum atomic E-state index is 0.0861. The number of hydrogen-bond acceptors (Lipinski definition) is 3. The first-order valence-electron chi connectivity index (χ1n) is 7.06. The molecular weight excluding hydrogens is 238 g/mol. The van der Waals surface area contributed by atoms with E-state index in [9.17, 15) is 4.79 Å². The first-order valence-corrected chi connectivity index (χ1v) is 7.06. The average Bonchev–Trinajstić information content (AvgIpc) is 2.41. The van der Waals surface area contributed by atoms with Gasteiger partial charge in [-0.1, -0.05) is 6.42 Å². The van der Waals surface area contributed by atoms with Crippen LogP contribution in [0.25, 0.3) is 0 Å². The van der Waals surface area contributed by atoms with Crippen LogP contribution in [0.1, 0.15) is 38.2 Å². The second kappa shape index (κ2) is 6.15. The molecule has 1 aromatic heterocycles. The molecule has 4 nitrogen and oxygen atoms in total. The Morgan fingerprint density at radius 1 is 1.42 bits per heavy atom. The van der Waals surface area contributed by atoms with Crippen molar-refractivity contribution in [1.29, 1.82) is 0 Å². The maximum atomic E-state index is 12.4. The fraction of sp³-hybridized carbons (Fsp3) is 0.600. The molecule has 0 aliphatic heterocycles. The molecule has 19 heavy (non-hydrogen) atoms. The first kappa shape index (κ1) is 14.0. The number of nitrogens with two attached hydrogens (primary N) is 1. The summed E-state index contributed by atoms with van der Waals surface area (Å²) < 4.78 is 0. The molecule has 2 rings (SSSR count). The van der Waals surface area contributed by atoms with Gasteiger partial charge in [-0.3, -0.25) is 9.78 Å². The van der Waals surface area contributed by atoms with Crippen molar-refractivity contribution in [3.8, 4) is 0 Å². The molecule has 0 radical (unpaired) electrons. The van der Waals surface area contributed by atoms with Crippen molar-refractivity contribution in [2.75, 3.05) is 13.1 Å². The van der Waals surface area contributed by atoms with Crippen LogP contribution in [0.15, 0.2) is 24.5 Å². The Hall–Kier alpha value is -1.42. The maximum absolute atomic E-state index is 12.4. The Morgan fingerprint density at radius 3 is 2.58 bits per heavy atom. The summed E-state index contributed by atoms with van der Waals surface area (Å²) in [5, 5.41) is 0. The van der Waals surface area contributed by atoms with Crippen molar-refractivity contribution in [3.05, 3.63) is 30.1 Å². The molecule has 1 amide bonds. The van der Waals surface area contributed by atoms with Crippen LogP contribution in [0.4, 0.5) is 0 Å². The molecule has 0 atom stereocenters. The molecule has 1 aliphatic rings. The van der Waals surface area contributed by atoms with Gasteiger partial charge in [-0.2, -0.15) is 0 Å². The molecule has 1 heterocycles. The molecular formula is C15H23N3O. The van der Waals surface area contributed by atoms with Gasteiger partial charge >= 0.3 is 0 Å². The van der Waals surface area contributed by atoms with Gasteiger partial charge in [0.05, 0.1) is 0 Å². The van der Waals surface area contributed by atoms with Crippen LogP contribution in [0.3, 0.4) is 0 Å². The minimum Gasteiger partial charge on any atom is -0.339 e. The number of aromatic nitrogens is 1. The average molecular weight is 261 g/mol. The quantitative estimate of drug-likeness (QED) is 0.851. The zero-order valence-corrected chi connectivity index (χ0v) is 11.6. The van der Waals surface area contributed by atoms with Gasteiger partial charge in [-0.25, -0.2) is 0 Å². The number of pyridine rings is 1. The van der Waals surface area contributed by atoms with Gasteiger partial charge in [0.2, 0.25) is 5.91 Å². The van der Waals surface area contributed by atoms with Gasteiger partial charge in [-0.05, 0) is 49.4 Å². The topological polar surface area (TPSA) is 59.2 Å². The van der Waals surface area contributed by atoms with Gasteiger partial charge < -0.3 is 10.6 Å². The second-order valence-electron chi connectivity index (χ2n) is 5.50. The van der Waals surface area contributed by atoms with Crippen LogP contribution in [0.5, 0.6) is 0 Å². The second-order valence-corrected chi connectivity index (χ2v) is 5.50. The van der Waals surface area contributed by atoms with Crippen molar-refractivity contribution < 1.29 is 4.79 Å². The SMILES string of the molecule is CCN(Cc1ccncc1)C(=O)CC1(CN)CCC1. The third kappa shape index (κ3) is 3.32. The summed E-state index contributed by atoms with van der Waals surface area (Å²) in [7, 11) is 0. The van der Waals surface area contributed by atoms with E-state index in [1.165, 1.54) is 6.42 Å². The van der Waals surface area contributed by atoms with Crippen molar-refractivity contribution in [2.45, 2.75) is 39.2 Å². The van der Waals surface area contributed by atoms with Crippen LogP contribution >= 0.6 is 0 Å². The van der Waals surface area contributed by atoms with Crippen molar-refractivity contribution in [2.24, 2.45) is 11.1 Å². The maximum Gasteiger partial charge on any atom is 0.223 e. The largest absolute Gasteiger partial charge is 0.339 e. The van der Waals surface area contributed by atoms with Gasteiger partial charge in [0.1, 0.15) is 0 Å². The molecule has 0 saturated heterocycles. The van der Waals surface area contributed by atoms with Crippen LogP contribution < -0.4 is 5.73 Å². The molecule has 0 bridgehead atoms. The Labute approximate surface area is 115 Å².